The molecule has 27 heavy (non-hydrogen) atoms. The summed E-state index contributed by atoms with van der Waals surface area (Å²) in [5.74, 6) is -1.04. The molecule has 7 heteroatoms. The minimum atomic E-state index is -0.787. The van der Waals surface area contributed by atoms with Crippen molar-refractivity contribution in [2.75, 3.05) is 12.0 Å². The van der Waals surface area contributed by atoms with Gasteiger partial charge >= 0.3 is 6.03 Å². The Balaban J connectivity index is 2.09. The third-order valence-corrected chi connectivity index (χ3v) is 4.29. The van der Waals surface area contributed by atoms with Crippen LogP contribution < -0.4 is 15.0 Å². The lowest BCUT2D eigenvalue weighted by Gasteiger charge is -2.27. The van der Waals surface area contributed by atoms with E-state index in [4.69, 9.17) is 16.3 Å². The molecule has 4 amide bonds. The van der Waals surface area contributed by atoms with Crippen LogP contribution in [0.4, 0.5) is 10.5 Å². The first-order valence-corrected chi connectivity index (χ1v) is 8.51. The Morgan fingerprint density at radius 3 is 2.33 bits per heavy atom. The highest BCUT2D eigenvalue weighted by Gasteiger charge is 2.37. The molecule has 1 heterocycles. The van der Waals surface area contributed by atoms with E-state index < -0.39 is 17.8 Å². The molecule has 0 atom stereocenters. The molecule has 0 bridgehead atoms. The van der Waals surface area contributed by atoms with Gasteiger partial charge in [0.25, 0.3) is 11.8 Å². The van der Waals surface area contributed by atoms with Crippen molar-refractivity contribution < 1.29 is 19.1 Å². The standard InChI is InChI=1S/C20H17ClN2O4/c1-11-6-12(2)8-15(7-11)23-19(25)16(18(24)22-20(23)26)10-13-9-14(21)4-5-17(13)27-3/h4-10H,1-3H3,(H,22,24,26)/b16-10-. The van der Waals surface area contributed by atoms with Crippen molar-refractivity contribution in [1.29, 1.82) is 0 Å². The lowest BCUT2D eigenvalue weighted by atomic mass is 10.0. The van der Waals surface area contributed by atoms with Gasteiger partial charge in [-0.3, -0.25) is 14.9 Å². The van der Waals surface area contributed by atoms with Gasteiger partial charge < -0.3 is 4.74 Å². The van der Waals surface area contributed by atoms with Gasteiger partial charge in [-0.05, 0) is 61.4 Å². The summed E-state index contributed by atoms with van der Waals surface area (Å²) in [5.41, 5.74) is 2.45. The number of benzene rings is 2. The van der Waals surface area contributed by atoms with Crippen molar-refractivity contribution in [2.45, 2.75) is 13.8 Å². The van der Waals surface area contributed by atoms with Gasteiger partial charge in [-0.1, -0.05) is 17.7 Å². The van der Waals surface area contributed by atoms with Crippen LogP contribution in [0.3, 0.4) is 0 Å². The Bertz CT molecular complexity index is 977. The monoisotopic (exact) mass is 384 g/mol. The number of barbiturate groups is 1. The van der Waals surface area contributed by atoms with E-state index in [9.17, 15) is 14.4 Å². The molecule has 1 saturated heterocycles. The topological polar surface area (TPSA) is 75.7 Å². The Morgan fingerprint density at radius 2 is 1.70 bits per heavy atom. The van der Waals surface area contributed by atoms with Crippen molar-refractivity contribution in [3.63, 3.8) is 0 Å². The smallest absolute Gasteiger partial charge is 0.335 e. The second-order valence-corrected chi connectivity index (χ2v) is 6.63. The molecule has 1 fully saturated rings. The number of anilines is 1. The Morgan fingerprint density at radius 1 is 1.04 bits per heavy atom. The van der Waals surface area contributed by atoms with Crippen molar-refractivity contribution in [1.82, 2.24) is 5.32 Å². The molecule has 3 rings (SSSR count). The number of carbonyl (C=O) groups is 3. The molecule has 1 aliphatic heterocycles. The van der Waals surface area contributed by atoms with Crippen LogP contribution in [0.1, 0.15) is 16.7 Å². The number of aryl methyl sites for hydroxylation is 2. The molecule has 0 saturated carbocycles. The number of amides is 4. The van der Waals surface area contributed by atoms with Crippen molar-refractivity contribution in [3.8, 4) is 5.75 Å². The molecule has 2 aromatic rings. The zero-order valence-corrected chi connectivity index (χ0v) is 15.8. The van der Waals surface area contributed by atoms with Crippen LogP contribution in [0.5, 0.6) is 5.75 Å². The molecule has 1 N–H and O–H groups in total. The Kier molecular flexibility index (Phi) is 5.01. The molecular weight excluding hydrogens is 368 g/mol. The number of hydrogen-bond acceptors (Lipinski definition) is 4. The van der Waals surface area contributed by atoms with Gasteiger partial charge in [0.2, 0.25) is 0 Å². The number of halogens is 1. The van der Waals surface area contributed by atoms with Crippen LogP contribution in [0.2, 0.25) is 5.02 Å². The highest BCUT2D eigenvalue weighted by Crippen LogP contribution is 2.28. The largest absolute Gasteiger partial charge is 0.496 e. The van der Waals surface area contributed by atoms with Gasteiger partial charge in [0.05, 0.1) is 12.8 Å². The Hall–Kier alpha value is -3.12. The predicted molar refractivity (Wildman–Crippen MR) is 103 cm³/mol. The summed E-state index contributed by atoms with van der Waals surface area (Å²) in [4.78, 5) is 38.5. The molecule has 0 unspecified atom stereocenters. The number of hydrogen-bond donors (Lipinski definition) is 1. The van der Waals surface area contributed by atoms with Crippen molar-refractivity contribution >= 4 is 41.2 Å². The maximum absolute atomic E-state index is 13.0. The number of imide groups is 2. The predicted octanol–water partition coefficient (Wildman–Crippen LogP) is 3.63. The van der Waals surface area contributed by atoms with E-state index >= 15 is 0 Å². The molecule has 6 nitrogen and oxygen atoms in total. The summed E-state index contributed by atoms with van der Waals surface area (Å²) < 4.78 is 5.25. The fourth-order valence-corrected chi connectivity index (χ4v) is 3.13. The summed E-state index contributed by atoms with van der Waals surface area (Å²) in [7, 11) is 1.47. The first-order valence-electron chi connectivity index (χ1n) is 8.13. The van der Waals surface area contributed by atoms with Gasteiger partial charge in [0.15, 0.2) is 0 Å². The van der Waals surface area contributed by atoms with Crippen LogP contribution in [-0.4, -0.2) is 25.0 Å². The maximum Gasteiger partial charge on any atom is 0.335 e. The second kappa shape index (κ2) is 7.25. The van der Waals surface area contributed by atoms with E-state index in [0.29, 0.717) is 22.0 Å². The Labute approximate surface area is 161 Å². The number of carbonyl (C=O) groups excluding carboxylic acids is 3. The number of rotatable bonds is 3. The third-order valence-electron chi connectivity index (χ3n) is 4.06. The fraction of sp³-hybridized carbons (Fsp3) is 0.150. The average molecular weight is 385 g/mol. The molecule has 0 aliphatic carbocycles. The molecule has 0 radical (unpaired) electrons. The lowest BCUT2D eigenvalue weighted by molar-refractivity contribution is -0.122. The average Bonchev–Trinajstić information content (AvgIpc) is 2.57. The number of nitrogens with zero attached hydrogens (tertiary/aromatic N) is 1. The third kappa shape index (κ3) is 3.71. The van der Waals surface area contributed by atoms with Crippen LogP contribution in [0, 0.1) is 13.8 Å². The fourth-order valence-electron chi connectivity index (χ4n) is 2.95. The zero-order valence-electron chi connectivity index (χ0n) is 15.0. The normalized spacial score (nSPS) is 15.9. The van der Waals surface area contributed by atoms with E-state index in [2.05, 4.69) is 5.32 Å². The van der Waals surface area contributed by atoms with Gasteiger partial charge in [0, 0.05) is 10.6 Å². The van der Waals surface area contributed by atoms with Crippen molar-refractivity contribution in [2.24, 2.45) is 0 Å². The first-order chi connectivity index (χ1) is 12.8. The number of methoxy groups -OCH3 is 1. The minimum absolute atomic E-state index is 0.186. The van der Waals surface area contributed by atoms with Gasteiger partial charge in [0.1, 0.15) is 11.3 Å². The van der Waals surface area contributed by atoms with E-state index in [1.807, 2.05) is 19.9 Å². The summed E-state index contributed by atoms with van der Waals surface area (Å²) in [6, 6.07) is 9.39. The summed E-state index contributed by atoms with van der Waals surface area (Å²) in [6.45, 7) is 3.73. The lowest BCUT2D eigenvalue weighted by Crippen LogP contribution is -2.54. The van der Waals surface area contributed by atoms with Crippen molar-refractivity contribution in [3.05, 3.63) is 63.7 Å². The SMILES string of the molecule is COc1ccc(Cl)cc1/C=C1/C(=O)NC(=O)N(c2cc(C)cc(C)c2)C1=O. The van der Waals surface area contributed by atoms with Crippen LogP contribution >= 0.6 is 11.6 Å². The minimum Gasteiger partial charge on any atom is -0.496 e. The van der Waals surface area contributed by atoms with Crippen LogP contribution in [0.15, 0.2) is 42.0 Å². The number of nitrogens with one attached hydrogen (secondary N) is 1. The van der Waals surface area contributed by atoms with Crippen LogP contribution in [-0.2, 0) is 9.59 Å². The van der Waals surface area contributed by atoms with Crippen LogP contribution in [0.25, 0.3) is 6.08 Å². The second-order valence-electron chi connectivity index (χ2n) is 6.19. The zero-order chi connectivity index (χ0) is 19.7. The molecule has 1 aliphatic rings. The molecule has 2 aromatic carbocycles. The molecular formula is C20H17ClN2O4. The summed E-state index contributed by atoms with van der Waals surface area (Å²) >= 11 is 6.01. The maximum atomic E-state index is 13.0. The quantitative estimate of drug-likeness (QED) is 0.647. The molecule has 0 spiro atoms. The summed E-state index contributed by atoms with van der Waals surface area (Å²) in [5, 5.41) is 2.63. The molecule has 138 valence electrons. The number of urea groups is 1. The summed E-state index contributed by atoms with van der Waals surface area (Å²) in [6.07, 6.45) is 1.37. The highest BCUT2D eigenvalue weighted by molar-refractivity contribution is 6.39. The van der Waals surface area contributed by atoms with Gasteiger partial charge in [-0.15, -0.1) is 0 Å². The first kappa shape index (κ1) is 18.7. The molecule has 0 aromatic heterocycles. The van der Waals surface area contributed by atoms with Gasteiger partial charge in [-0.25, -0.2) is 9.69 Å². The van der Waals surface area contributed by atoms with Gasteiger partial charge in [-0.2, -0.15) is 0 Å². The van der Waals surface area contributed by atoms with E-state index in [1.165, 1.54) is 13.2 Å². The van der Waals surface area contributed by atoms with E-state index in [1.54, 1.807) is 30.3 Å². The highest BCUT2D eigenvalue weighted by atomic mass is 35.5. The number of ether oxygens (including phenoxy) is 1. The van der Waals surface area contributed by atoms with E-state index in [0.717, 1.165) is 16.0 Å². The van der Waals surface area contributed by atoms with E-state index in [-0.39, 0.29) is 5.57 Å².